The third-order valence-electron chi connectivity index (χ3n) is 2.92. The first kappa shape index (κ1) is 12.3. The van der Waals surface area contributed by atoms with Crippen LogP contribution in [0.2, 0.25) is 0 Å². The molecule has 0 aliphatic rings. The summed E-state index contributed by atoms with van der Waals surface area (Å²) in [7, 11) is 0. The number of hydrogen-bond donors (Lipinski definition) is 1. The third-order valence-corrected chi connectivity index (χ3v) is 2.92. The monoisotopic (exact) mass is 240 g/mol. The van der Waals surface area contributed by atoms with E-state index in [1.54, 1.807) is 6.08 Å². The number of nitrogens with zero attached hydrogens (tertiary/aromatic N) is 1. The predicted molar refractivity (Wildman–Crippen MR) is 72.6 cm³/mol. The van der Waals surface area contributed by atoms with Gasteiger partial charge in [0.2, 0.25) is 0 Å². The van der Waals surface area contributed by atoms with Gasteiger partial charge in [-0.2, -0.15) is 5.10 Å². The normalized spacial score (nSPS) is 11.1. The molecule has 0 aliphatic heterocycles. The summed E-state index contributed by atoms with van der Waals surface area (Å²) in [6.07, 6.45) is 3.41. The summed E-state index contributed by atoms with van der Waals surface area (Å²) in [5.74, 6) is 0.00926. The molecule has 0 amide bonds. The van der Waals surface area contributed by atoms with Gasteiger partial charge in [-0.15, -0.1) is 0 Å². The molecule has 0 bridgehead atoms. The van der Waals surface area contributed by atoms with Crippen LogP contribution in [0, 0.1) is 20.8 Å². The van der Waals surface area contributed by atoms with Crippen LogP contribution in [0.1, 0.15) is 32.9 Å². The van der Waals surface area contributed by atoms with Gasteiger partial charge in [0, 0.05) is 16.8 Å². The van der Waals surface area contributed by atoms with Gasteiger partial charge >= 0.3 is 0 Å². The van der Waals surface area contributed by atoms with Gasteiger partial charge in [-0.1, -0.05) is 29.8 Å². The van der Waals surface area contributed by atoms with Gasteiger partial charge in [0.25, 0.3) is 0 Å². The highest BCUT2D eigenvalue weighted by molar-refractivity contribution is 6.06. The van der Waals surface area contributed by atoms with Gasteiger partial charge in [0.15, 0.2) is 5.78 Å². The van der Waals surface area contributed by atoms with Crippen LogP contribution >= 0.6 is 0 Å². The molecule has 1 N–H and O–H groups in total. The second-order valence-corrected chi connectivity index (χ2v) is 4.41. The molecular weight excluding hydrogens is 224 g/mol. The lowest BCUT2D eigenvalue weighted by Crippen LogP contribution is -1.93. The van der Waals surface area contributed by atoms with Crippen molar-refractivity contribution in [2.24, 2.45) is 0 Å². The van der Waals surface area contributed by atoms with Crippen molar-refractivity contribution in [1.29, 1.82) is 0 Å². The summed E-state index contributed by atoms with van der Waals surface area (Å²) in [5.41, 5.74) is 4.71. The Morgan fingerprint density at radius 3 is 2.39 bits per heavy atom. The lowest BCUT2D eigenvalue weighted by molar-refractivity contribution is 0.104. The van der Waals surface area contributed by atoms with Gasteiger partial charge < -0.3 is 0 Å². The molecule has 1 aromatic carbocycles. The van der Waals surface area contributed by atoms with Gasteiger partial charge in [0.1, 0.15) is 0 Å². The molecule has 0 radical (unpaired) electrons. The first-order valence-corrected chi connectivity index (χ1v) is 5.88. The van der Waals surface area contributed by atoms with Crippen molar-refractivity contribution in [3.63, 3.8) is 0 Å². The molecule has 2 rings (SSSR count). The minimum Gasteiger partial charge on any atom is -0.289 e. The number of carbonyl (C=O) groups is 1. The van der Waals surface area contributed by atoms with Gasteiger partial charge in [-0.05, 0) is 32.9 Å². The topological polar surface area (TPSA) is 45.8 Å². The SMILES string of the molecule is Cc1ccc(C(=O)/C=C/c2c(C)n[nH]c2C)cc1. The van der Waals surface area contributed by atoms with Crippen LogP contribution in [0.5, 0.6) is 0 Å². The number of ketones is 1. The third kappa shape index (κ3) is 2.56. The number of rotatable bonds is 3. The Morgan fingerprint density at radius 2 is 1.83 bits per heavy atom. The molecule has 92 valence electrons. The van der Waals surface area contributed by atoms with Crippen molar-refractivity contribution < 1.29 is 4.79 Å². The summed E-state index contributed by atoms with van der Waals surface area (Å²) in [5, 5.41) is 6.99. The predicted octanol–water partition coefficient (Wildman–Crippen LogP) is 3.23. The summed E-state index contributed by atoms with van der Waals surface area (Å²) in [6, 6.07) is 7.57. The van der Waals surface area contributed by atoms with Crippen LogP contribution in [0.15, 0.2) is 30.3 Å². The smallest absolute Gasteiger partial charge is 0.185 e. The molecule has 1 heterocycles. The highest BCUT2D eigenvalue weighted by Gasteiger charge is 2.04. The van der Waals surface area contributed by atoms with E-state index in [9.17, 15) is 4.79 Å². The first-order chi connectivity index (χ1) is 8.58. The second kappa shape index (κ2) is 5.00. The fourth-order valence-electron chi connectivity index (χ4n) is 1.78. The number of nitrogens with one attached hydrogen (secondary N) is 1. The van der Waals surface area contributed by atoms with Crippen molar-refractivity contribution in [1.82, 2.24) is 10.2 Å². The fraction of sp³-hybridized carbons (Fsp3) is 0.200. The van der Waals surface area contributed by atoms with Crippen LogP contribution in [-0.4, -0.2) is 16.0 Å². The van der Waals surface area contributed by atoms with Gasteiger partial charge in [0.05, 0.1) is 5.69 Å². The highest BCUT2D eigenvalue weighted by atomic mass is 16.1. The maximum absolute atomic E-state index is 12.0. The molecule has 0 unspecified atom stereocenters. The molecule has 0 saturated heterocycles. The zero-order valence-electron chi connectivity index (χ0n) is 10.8. The van der Waals surface area contributed by atoms with Crippen molar-refractivity contribution in [2.75, 3.05) is 0 Å². The Hall–Kier alpha value is -2.16. The molecule has 3 nitrogen and oxygen atoms in total. The summed E-state index contributed by atoms with van der Waals surface area (Å²) >= 11 is 0. The number of allylic oxidation sites excluding steroid dienone is 1. The summed E-state index contributed by atoms with van der Waals surface area (Å²) in [6.45, 7) is 5.86. The molecule has 0 atom stereocenters. The molecule has 2 aromatic rings. The van der Waals surface area contributed by atoms with Crippen LogP contribution in [0.4, 0.5) is 0 Å². The molecule has 0 spiro atoms. The number of carbonyl (C=O) groups excluding carboxylic acids is 1. The lowest BCUT2D eigenvalue weighted by atomic mass is 10.1. The van der Waals surface area contributed by atoms with Crippen LogP contribution < -0.4 is 0 Å². The van der Waals surface area contributed by atoms with E-state index in [0.29, 0.717) is 5.56 Å². The van der Waals surface area contributed by atoms with E-state index >= 15 is 0 Å². The fourth-order valence-corrected chi connectivity index (χ4v) is 1.78. The number of hydrogen-bond acceptors (Lipinski definition) is 2. The summed E-state index contributed by atoms with van der Waals surface area (Å²) < 4.78 is 0. The van der Waals surface area contributed by atoms with E-state index in [1.165, 1.54) is 0 Å². The summed E-state index contributed by atoms with van der Waals surface area (Å²) in [4.78, 5) is 12.0. The molecule has 1 aromatic heterocycles. The first-order valence-electron chi connectivity index (χ1n) is 5.88. The number of aryl methyl sites for hydroxylation is 3. The van der Waals surface area contributed by atoms with Crippen LogP contribution in [-0.2, 0) is 0 Å². The molecular formula is C15H16N2O. The van der Waals surface area contributed by atoms with Crippen molar-refractivity contribution in [2.45, 2.75) is 20.8 Å². The van der Waals surface area contributed by atoms with Crippen LogP contribution in [0.25, 0.3) is 6.08 Å². The Balaban J connectivity index is 2.19. The van der Waals surface area contributed by atoms with E-state index in [0.717, 1.165) is 22.5 Å². The lowest BCUT2D eigenvalue weighted by Gasteiger charge is -1.97. The van der Waals surface area contributed by atoms with E-state index in [2.05, 4.69) is 10.2 Å². The van der Waals surface area contributed by atoms with Gasteiger partial charge in [-0.3, -0.25) is 9.89 Å². The minimum absolute atomic E-state index is 0.00926. The Morgan fingerprint density at radius 1 is 1.17 bits per heavy atom. The van der Waals surface area contributed by atoms with E-state index in [4.69, 9.17) is 0 Å². The van der Waals surface area contributed by atoms with Gasteiger partial charge in [-0.25, -0.2) is 0 Å². The zero-order valence-corrected chi connectivity index (χ0v) is 10.8. The number of benzene rings is 1. The molecule has 0 fully saturated rings. The largest absolute Gasteiger partial charge is 0.289 e. The average molecular weight is 240 g/mol. The maximum Gasteiger partial charge on any atom is 0.185 e. The Bertz CT molecular complexity index is 572. The van der Waals surface area contributed by atoms with E-state index < -0.39 is 0 Å². The average Bonchev–Trinajstić information content (AvgIpc) is 2.67. The van der Waals surface area contributed by atoms with Crippen LogP contribution in [0.3, 0.4) is 0 Å². The van der Waals surface area contributed by atoms with E-state index in [1.807, 2.05) is 51.1 Å². The van der Waals surface area contributed by atoms with E-state index in [-0.39, 0.29) is 5.78 Å². The maximum atomic E-state index is 12.0. The minimum atomic E-state index is 0.00926. The zero-order chi connectivity index (χ0) is 13.1. The van der Waals surface area contributed by atoms with Crippen molar-refractivity contribution >= 4 is 11.9 Å². The Kier molecular flexibility index (Phi) is 3.42. The second-order valence-electron chi connectivity index (χ2n) is 4.41. The quantitative estimate of drug-likeness (QED) is 0.661. The highest BCUT2D eigenvalue weighted by Crippen LogP contribution is 2.12. The molecule has 0 saturated carbocycles. The molecule has 3 heteroatoms. The Labute approximate surface area is 107 Å². The van der Waals surface area contributed by atoms with Crippen molar-refractivity contribution in [3.8, 4) is 0 Å². The standard InChI is InChI=1S/C15H16N2O/c1-10-4-6-13(7-5-10)15(18)9-8-14-11(2)16-17-12(14)3/h4-9H,1-3H3,(H,16,17)/b9-8+. The van der Waals surface area contributed by atoms with Crippen molar-refractivity contribution in [3.05, 3.63) is 58.4 Å². The number of H-pyrrole nitrogens is 1. The molecule has 0 aliphatic carbocycles. The molecule has 18 heavy (non-hydrogen) atoms. The number of aromatic nitrogens is 2. The number of aromatic amines is 1.